The second-order valence-electron chi connectivity index (χ2n) is 5.39. The maximum absolute atomic E-state index is 13.9. The molecule has 24 heavy (non-hydrogen) atoms. The minimum Gasteiger partial charge on any atom is -0.341 e. The lowest BCUT2D eigenvalue weighted by Crippen LogP contribution is -2.44. The number of nitrogens with zero attached hydrogens (tertiary/aromatic N) is 1. The van der Waals surface area contributed by atoms with Crippen LogP contribution in [0.25, 0.3) is 0 Å². The monoisotopic (exact) mass is 329 g/mol. The Morgan fingerprint density at radius 3 is 2.33 bits per heavy atom. The lowest BCUT2D eigenvalue weighted by molar-refractivity contribution is -0.125. The van der Waals surface area contributed by atoms with Gasteiger partial charge in [0.2, 0.25) is 5.91 Å². The third-order valence-electron chi connectivity index (χ3n) is 3.65. The van der Waals surface area contributed by atoms with Crippen LogP contribution in [0.3, 0.4) is 0 Å². The summed E-state index contributed by atoms with van der Waals surface area (Å²) >= 11 is 0. The Bertz CT molecular complexity index is 706. The van der Waals surface area contributed by atoms with Gasteiger partial charge in [-0.05, 0) is 18.7 Å². The first kappa shape index (κ1) is 17.6. The largest absolute Gasteiger partial charge is 0.341 e. The third-order valence-corrected chi connectivity index (χ3v) is 3.65. The molecule has 2 aromatic carbocycles. The van der Waals surface area contributed by atoms with Crippen LogP contribution in [0.5, 0.6) is 0 Å². The van der Waals surface area contributed by atoms with E-state index in [-0.39, 0.29) is 12.4 Å². The van der Waals surface area contributed by atoms with Gasteiger partial charge in [-0.2, -0.15) is 0 Å². The molecule has 0 saturated heterocycles. The molecule has 3 amide bonds. The summed E-state index contributed by atoms with van der Waals surface area (Å²) in [4.78, 5) is 25.7. The summed E-state index contributed by atoms with van der Waals surface area (Å²) < 4.78 is 13.9. The number of urea groups is 1. The van der Waals surface area contributed by atoms with Gasteiger partial charge in [-0.25, -0.2) is 9.18 Å². The topological polar surface area (TPSA) is 61.4 Å². The van der Waals surface area contributed by atoms with E-state index in [1.54, 1.807) is 42.3 Å². The Hall–Kier alpha value is -2.73. The standard InChI is InChI=1S/C18H20FN3O2/c1-20-18(24)21-17(23)16(13-8-4-3-5-9-13)22(2)12-14-10-6-7-11-15(14)19/h3-11,16H,12H2,1-2H3,(H2,20,21,23,24)/t16-/m0/s1. The Morgan fingerprint density at radius 1 is 1.08 bits per heavy atom. The van der Waals surface area contributed by atoms with Crippen molar-refractivity contribution in [2.75, 3.05) is 14.1 Å². The molecule has 126 valence electrons. The highest BCUT2D eigenvalue weighted by molar-refractivity contribution is 5.97. The van der Waals surface area contributed by atoms with E-state index in [0.29, 0.717) is 5.56 Å². The fraction of sp³-hybridized carbons (Fsp3) is 0.222. The first-order valence-electron chi connectivity index (χ1n) is 7.54. The zero-order chi connectivity index (χ0) is 17.5. The SMILES string of the molecule is CNC(=O)NC(=O)[C@H](c1ccccc1)N(C)Cc1ccccc1F. The lowest BCUT2D eigenvalue weighted by atomic mass is 10.0. The van der Waals surface area contributed by atoms with Crippen LogP contribution in [-0.2, 0) is 11.3 Å². The number of rotatable bonds is 5. The summed E-state index contributed by atoms with van der Waals surface area (Å²) in [5.74, 6) is -0.803. The molecule has 0 aliphatic heterocycles. The predicted octanol–water partition coefficient (Wildman–Crippen LogP) is 2.45. The van der Waals surface area contributed by atoms with Gasteiger partial charge in [0.1, 0.15) is 11.9 Å². The first-order chi connectivity index (χ1) is 11.5. The zero-order valence-corrected chi connectivity index (χ0v) is 13.6. The fourth-order valence-corrected chi connectivity index (χ4v) is 2.47. The quantitative estimate of drug-likeness (QED) is 0.886. The second-order valence-corrected chi connectivity index (χ2v) is 5.39. The summed E-state index contributed by atoms with van der Waals surface area (Å²) in [5.41, 5.74) is 1.20. The Labute approximate surface area is 140 Å². The van der Waals surface area contributed by atoms with Crippen LogP contribution < -0.4 is 10.6 Å². The van der Waals surface area contributed by atoms with Gasteiger partial charge in [-0.15, -0.1) is 0 Å². The lowest BCUT2D eigenvalue weighted by Gasteiger charge is -2.27. The van der Waals surface area contributed by atoms with Crippen molar-refractivity contribution in [1.29, 1.82) is 0 Å². The van der Waals surface area contributed by atoms with E-state index in [4.69, 9.17) is 0 Å². The summed E-state index contributed by atoms with van der Waals surface area (Å²) in [7, 11) is 3.15. The van der Waals surface area contributed by atoms with Crippen LogP contribution in [0.1, 0.15) is 17.2 Å². The van der Waals surface area contributed by atoms with Crippen LogP contribution in [0, 0.1) is 5.82 Å². The van der Waals surface area contributed by atoms with E-state index in [2.05, 4.69) is 10.6 Å². The number of amides is 3. The Morgan fingerprint density at radius 2 is 1.71 bits per heavy atom. The highest BCUT2D eigenvalue weighted by atomic mass is 19.1. The molecule has 2 rings (SSSR count). The van der Waals surface area contributed by atoms with Crippen molar-refractivity contribution in [1.82, 2.24) is 15.5 Å². The van der Waals surface area contributed by atoms with Gasteiger partial charge in [-0.1, -0.05) is 48.5 Å². The molecule has 0 unspecified atom stereocenters. The second kappa shape index (κ2) is 8.21. The van der Waals surface area contributed by atoms with Gasteiger partial charge in [0.05, 0.1) is 0 Å². The molecule has 0 fully saturated rings. The molecular formula is C18H20FN3O2. The maximum Gasteiger partial charge on any atom is 0.321 e. The molecule has 2 aromatic rings. The highest BCUT2D eigenvalue weighted by Crippen LogP contribution is 2.22. The summed E-state index contributed by atoms with van der Waals surface area (Å²) in [6, 6.07) is 14.2. The number of carbonyl (C=O) groups is 2. The molecule has 0 spiro atoms. The summed E-state index contributed by atoms with van der Waals surface area (Å²) in [5, 5.41) is 4.64. The number of imide groups is 1. The van der Waals surface area contributed by atoms with E-state index < -0.39 is 18.0 Å². The molecular weight excluding hydrogens is 309 g/mol. The average Bonchev–Trinajstić information content (AvgIpc) is 2.58. The molecule has 0 bridgehead atoms. The Balaban J connectivity index is 2.26. The normalized spacial score (nSPS) is 11.8. The van der Waals surface area contributed by atoms with Crippen molar-refractivity contribution in [3.63, 3.8) is 0 Å². The molecule has 0 radical (unpaired) electrons. The highest BCUT2D eigenvalue weighted by Gasteiger charge is 2.26. The predicted molar refractivity (Wildman–Crippen MR) is 89.6 cm³/mol. The average molecular weight is 329 g/mol. The molecule has 1 atom stereocenters. The number of carbonyl (C=O) groups excluding carboxylic acids is 2. The third kappa shape index (κ3) is 4.39. The molecule has 0 aliphatic rings. The van der Waals surface area contributed by atoms with Crippen molar-refractivity contribution in [3.8, 4) is 0 Å². The van der Waals surface area contributed by atoms with Gasteiger partial charge in [-0.3, -0.25) is 15.0 Å². The number of nitrogens with one attached hydrogen (secondary N) is 2. The molecule has 0 saturated carbocycles. The number of hydrogen-bond acceptors (Lipinski definition) is 3. The molecule has 5 nitrogen and oxygen atoms in total. The number of halogens is 1. The molecule has 2 N–H and O–H groups in total. The maximum atomic E-state index is 13.9. The van der Waals surface area contributed by atoms with Gasteiger partial charge in [0, 0.05) is 19.2 Å². The van der Waals surface area contributed by atoms with Crippen molar-refractivity contribution < 1.29 is 14.0 Å². The Kier molecular flexibility index (Phi) is 6.03. The molecule has 0 aliphatic carbocycles. The van der Waals surface area contributed by atoms with Gasteiger partial charge in [0.25, 0.3) is 0 Å². The van der Waals surface area contributed by atoms with Gasteiger partial charge < -0.3 is 5.32 Å². The minimum atomic E-state index is -0.719. The molecule has 0 heterocycles. The van der Waals surface area contributed by atoms with Crippen molar-refractivity contribution in [2.45, 2.75) is 12.6 Å². The minimum absolute atomic E-state index is 0.230. The van der Waals surface area contributed by atoms with Gasteiger partial charge in [0.15, 0.2) is 0 Å². The van der Waals surface area contributed by atoms with E-state index >= 15 is 0 Å². The smallest absolute Gasteiger partial charge is 0.321 e. The molecule has 6 heteroatoms. The van der Waals surface area contributed by atoms with E-state index in [1.807, 2.05) is 18.2 Å². The van der Waals surface area contributed by atoms with Crippen LogP contribution in [0.2, 0.25) is 0 Å². The van der Waals surface area contributed by atoms with Crippen molar-refractivity contribution in [2.24, 2.45) is 0 Å². The number of benzene rings is 2. The fourth-order valence-electron chi connectivity index (χ4n) is 2.47. The molecule has 0 aromatic heterocycles. The summed E-state index contributed by atoms with van der Waals surface area (Å²) in [6.07, 6.45) is 0. The number of likely N-dealkylation sites (N-methyl/N-ethyl adjacent to an activating group) is 1. The van der Waals surface area contributed by atoms with E-state index in [1.165, 1.54) is 13.1 Å². The van der Waals surface area contributed by atoms with Crippen LogP contribution in [0.4, 0.5) is 9.18 Å². The summed E-state index contributed by atoms with van der Waals surface area (Å²) in [6.45, 7) is 0.230. The van der Waals surface area contributed by atoms with E-state index in [0.717, 1.165) is 5.56 Å². The van der Waals surface area contributed by atoms with Gasteiger partial charge >= 0.3 is 6.03 Å². The number of hydrogen-bond donors (Lipinski definition) is 2. The van der Waals surface area contributed by atoms with E-state index in [9.17, 15) is 14.0 Å². The first-order valence-corrected chi connectivity index (χ1v) is 7.54. The van der Waals surface area contributed by atoms with Crippen molar-refractivity contribution >= 4 is 11.9 Å². The zero-order valence-electron chi connectivity index (χ0n) is 13.6. The van der Waals surface area contributed by atoms with Crippen LogP contribution in [-0.4, -0.2) is 30.9 Å². The van der Waals surface area contributed by atoms with Crippen molar-refractivity contribution in [3.05, 3.63) is 71.5 Å². The van der Waals surface area contributed by atoms with Crippen LogP contribution >= 0.6 is 0 Å². The van der Waals surface area contributed by atoms with Crippen LogP contribution in [0.15, 0.2) is 54.6 Å².